The van der Waals surface area contributed by atoms with Gasteiger partial charge in [-0.15, -0.1) is 22.0 Å². The van der Waals surface area contributed by atoms with E-state index in [1.807, 2.05) is 0 Å². The number of aryl methyl sites for hydroxylation is 2. The van der Waals surface area contributed by atoms with Crippen LogP contribution in [-0.2, 0) is 5.75 Å². The summed E-state index contributed by atoms with van der Waals surface area (Å²) in [6, 6.07) is 12.3. The van der Waals surface area contributed by atoms with Gasteiger partial charge in [-0.3, -0.25) is 10.1 Å². The summed E-state index contributed by atoms with van der Waals surface area (Å²) >= 11 is 1.64. The molecule has 24 heavy (non-hydrogen) atoms. The van der Waals surface area contributed by atoms with Crippen molar-refractivity contribution in [2.45, 2.75) is 24.5 Å². The van der Waals surface area contributed by atoms with Crippen LogP contribution in [0.2, 0.25) is 0 Å². The molecule has 0 amide bonds. The summed E-state index contributed by atoms with van der Waals surface area (Å²) < 4.78 is 5.64. The molecule has 0 saturated heterocycles. The number of aromatic nitrogens is 2. The molecule has 0 spiro atoms. The maximum Gasteiger partial charge on any atom is 0.269 e. The van der Waals surface area contributed by atoms with Gasteiger partial charge in [0.15, 0.2) is 0 Å². The molecule has 0 atom stereocenters. The van der Waals surface area contributed by atoms with Crippen LogP contribution in [0.15, 0.2) is 51.8 Å². The van der Waals surface area contributed by atoms with E-state index in [0.29, 0.717) is 23.1 Å². The first-order valence-corrected chi connectivity index (χ1v) is 8.29. The van der Waals surface area contributed by atoms with Gasteiger partial charge in [-0.1, -0.05) is 17.7 Å². The molecule has 0 N–H and O–H groups in total. The number of benzene rings is 2. The van der Waals surface area contributed by atoms with Crippen molar-refractivity contribution < 1.29 is 9.34 Å². The lowest BCUT2D eigenvalue weighted by atomic mass is 10.2. The fourth-order valence-electron chi connectivity index (χ4n) is 2.26. The lowest BCUT2D eigenvalue weighted by Crippen LogP contribution is -1.87. The van der Waals surface area contributed by atoms with Crippen LogP contribution in [0.1, 0.15) is 17.0 Å². The van der Waals surface area contributed by atoms with E-state index in [9.17, 15) is 10.1 Å². The van der Waals surface area contributed by atoms with Gasteiger partial charge in [-0.05, 0) is 37.6 Å². The van der Waals surface area contributed by atoms with Crippen molar-refractivity contribution in [2.24, 2.45) is 0 Å². The second-order valence-electron chi connectivity index (χ2n) is 5.36. The number of hydrogen-bond acceptors (Lipinski definition) is 6. The van der Waals surface area contributed by atoms with Crippen LogP contribution in [0, 0.1) is 24.0 Å². The molecule has 2 aromatic carbocycles. The third-order valence-electron chi connectivity index (χ3n) is 3.47. The van der Waals surface area contributed by atoms with Crippen LogP contribution in [-0.4, -0.2) is 15.1 Å². The first-order chi connectivity index (χ1) is 11.5. The van der Waals surface area contributed by atoms with Crippen LogP contribution >= 0.6 is 11.8 Å². The predicted octanol–water partition coefficient (Wildman–Crippen LogP) is 4.55. The largest absolute Gasteiger partial charge is 0.420 e. The maximum atomic E-state index is 10.7. The standard InChI is InChI=1S/C17H15N3O3S/c1-11-3-8-15(12(2)9-11)24-10-16-18-19-17(23-16)13-4-6-14(7-5-13)20(21)22/h3-9H,10H2,1-2H3. The number of nitro groups is 1. The predicted molar refractivity (Wildman–Crippen MR) is 91.9 cm³/mol. The molecular formula is C17H15N3O3S. The van der Waals surface area contributed by atoms with E-state index in [-0.39, 0.29) is 5.69 Å². The maximum absolute atomic E-state index is 10.7. The smallest absolute Gasteiger partial charge is 0.269 e. The fourth-order valence-corrected chi connectivity index (χ4v) is 3.10. The molecule has 6 nitrogen and oxygen atoms in total. The van der Waals surface area contributed by atoms with E-state index in [4.69, 9.17) is 4.42 Å². The van der Waals surface area contributed by atoms with Gasteiger partial charge in [-0.2, -0.15) is 0 Å². The lowest BCUT2D eigenvalue weighted by molar-refractivity contribution is -0.384. The Bertz CT molecular complexity index is 875. The number of thioether (sulfide) groups is 1. The molecule has 0 fully saturated rings. The Morgan fingerprint density at radius 1 is 1.12 bits per heavy atom. The highest BCUT2D eigenvalue weighted by Gasteiger charge is 2.11. The molecule has 7 heteroatoms. The average Bonchev–Trinajstić information content (AvgIpc) is 3.03. The molecule has 0 bridgehead atoms. The van der Waals surface area contributed by atoms with Gasteiger partial charge in [0.25, 0.3) is 5.69 Å². The average molecular weight is 341 g/mol. The highest BCUT2D eigenvalue weighted by atomic mass is 32.2. The Hall–Kier alpha value is -2.67. The van der Waals surface area contributed by atoms with Gasteiger partial charge in [0.05, 0.1) is 10.7 Å². The van der Waals surface area contributed by atoms with E-state index in [2.05, 4.69) is 42.2 Å². The molecular weight excluding hydrogens is 326 g/mol. The van der Waals surface area contributed by atoms with Gasteiger partial charge in [-0.25, -0.2) is 0 Å². The second kappa shape index (κ2) is 6.84. The van der Waals surface area contributed by atoms with E-state index in [1.54, 1.807) is 23.9 Å². The molecule has 3 aromatic rings. The summed E-state index contributed by atoms with van der Waals surface area (Å²) in [6.45, 7) is 4.14. The van der Waals surface area contributed by atoms with E-state index in [0.717, 1.165) is 0 Å². The number of nitro benzene ring substituents is 1. The molecule has 0 aliphatic carbocycles. The zero-order chi connectivity index (χ0) is 17.1. The van der Waals surface area contributed by atoms with Crippen LogP contribution in [0.5, 0.6) is 0 Å². The first-order valence-electron chi connectivity index (χ1n) is 7.30. The zero-order valence-corrected chi connectivity index (χ0v) is 14.0. The first kappa shape index (κ1) is 16.2. The molecule has 0 aliphatic heterocycles. The quantitative estimate of drug-likeness (QED) is 0.384. The minimum Gasteiger partial charge on any atom is -0.420 e. The van der Waals surface area contributed by atoms with Crippen LogP contribution < -0.4 is 0 Å². The van der Waals surface area contributed by atoms with Gasteiger partial charge in [0, 0.05) is 22.6 Å². The number of rotatable bonds is 5. The van der Waals surface area contributed by atoms with Crippen LogP contribution in [0.3, 0.4) is 0 Å². The van der Waals surface area contributed by atoms with Gasteiger partial charge in [0.1, 0.15) is 0 Å². The summed E-state index contributed by atoms with van der Waals surface area (Å²) in [5, 5.41) is 18.7. The Labute approximate surface area is 143 Å². The Morgan fingerprint density at radius 3 is 2.54 bits per heavy atom. The van der Waals surface area contributed by atoms with Crippen molar-refractivity contribution in [1.29, 1.82) is 0 Å². The fraction of sp³-hybridized carbons (Fsp3) is 0.176. The van der Waals surface area contributed by atoms with Gasteiger partial charge < -0.3 is 4.42 Å². The summed E-state index contributed by atoms with van der Waals surface area (Å²) in [7, 11) is 0. The zero-order valence-electron chi connectivity index (χ0n) is 13.2. The van der Waals surface area contributed by atoms with Crippen molar-refractivity contribution in [3.05, 3.63) is 69.6 Å². The highest BCUT2D eigenvalue weighted by Crippen LogP contribution is 2.28. The van der Waals surface area contributed by atoms with Crippen molar-refractivity contribution >= 4 is 17.4 Å². The van der Waals surface area contributed by atoms with Crippen molar-refractivity contribution in [1.82, 2.24) is 10.2 Å². The summed E-state index contributed by atoms with van der Waals surface area (Å²) in [5.74, 6) is 1.46. The Morgan fingerprint density at radius 2 is 1.88 bits per heavy atom. The van der Waals surface area contributed by atoms with Crippen molar-refractivity contribution in [2.75, 3.05) is 0 Å². The van der Waals surface area contributed by atoms with E-state index < -0.39 is 4.92 Å². The van der Waals surface area contributed by atoms with Crippen LogP contribution in [0.4, 0.5) is 5.69 Å². The summed E-state index contributed by atoms with van der Waals surface area (Å²) in [4.78, 5) is 11.4. The minimum absolute atomic E-state index is 0.0314. The highest BCUT2D eigenvalue weighted by molar-refractivity contribution is 7.98. The van der Waals surface area contributed by atoms with Gasteiger partial charge in [0.2, 0.25) is 11.8 Å². The molecule has 0 unspecified atom stereocenters. The monoisotopic (exact) mass is 341 g/mol. The van der Waals surface area contributed by atoms with Crippen molar-refractivity contribution in [3.8, 4) is 11.5 Å². The number of nitrogens with zero attached hydrogens (tertiary/aromatic N) is 3. The molecule has 3 rings (SSSR count). The molecule has 122 valence electrons. The van der Waals surface area contributed by atoms with E-state index in [1.165, 1.54) is 28.2 Å². The molecule has 1 heterocycles. The normalized spacial score (nSPS) is 10.8. The summed E-state index contributed by atoms with van der Waals surface area (Å²) in [6.07, 6.45) is 0. The molecule has 0 aliphatic rings. The topological polar surface area (TPSA) is 82.1 Å². The number of non-ortho nitro benzene ring substituents is 1. The van der Waals surface area contributed by atoms with Crippen LogP contribution in [0.25, 0.3) is 11.5 Å². The second-order valence-corrected chi connectivity index (χ2v) is 6.38. The van der Waals surface area contributed by atoms with Gasteiger partial charge >= 0.3 is 0 Å². The Kier molecular flexibility index (Phi) is 4.61. The lowest BCUT2D eigenvalue weighted by Gasteiger charge is -2.04. The molecule has 0 saturated carbocycles. The summed E-state index contributed by atoms with van der Waals surface area (Å²) in [5.41, 5.74) is 3.14. The Balaban J connectivity index is 1.70. The SMILES string of the molecule is Cc1ccc(SCc2nnc(-c3ccc([N+](=O)[O-])cc3)o2)c(C)c1. The number of hydrogen-bond donors (Lipinski definition) is 0. The third-order valence-corrected chi connectivity index (χ3v) is 4.63. The third kappa shape index (κ3) is 3.62. The van der Waals surface area contributed by atoms with Crippen molar-refractivity contribution in [3.63, 3.8) is 0 Å². The molecule has 1 aromatic heterocycles. The minimum atomic E-state index is -0.441. The molecule has 0 radical (unpaired) electrons. The van der Waals surface area contributed by atoms with E-state index >= 15 is 0 Å².